The van der Waals surface area contributed by atoms with E-state index in [0.29, 0.717) is 12.8 Å². The molecule has 0 unspecified atom stereocenters. The van der Waals surface area contributed by atoms with E-state index >= 15 is 0 Å². The lowest BCUT2D eigenvalue weighted by Gasteiger charge is -2.18. The normalized spacial score (nSPS) is 12.8. The van der Waals surface area contributed by atoms with Crippen molar-refractivity contribution < 1.29 is 37.9 Å². The van der Waals surface area contributed by atoms with Gasteiger partial charge in [-0.25, -0.2) is 4.57 Å². The summed E-state index contributed by atoms with van der Waals surface area (Å²) >= 11 is 0. The molecule has 0 aliphatic carbocycles. The van der Waals surface area contributed by atoms with E-state index < -0.39 is 32.5 Å². The standard InChI is InChI=1S/C39H71O8P/c1-3-5-7-9-11-13-15-17-18-19-20-22-24-26-28-30-32-34-39(41)47-37(36-46-48(42,43)44)35-45-38(40)33-31-29-27-25-23-21-16-14-12-10-8-6-4-2/h20-23,26,28,37H,3-19,24-25,27,29-36H2,1-2H3,(H2,42,43,44)/b22-20+,23-21+,28-26+/t37-/m1/s1. The molecule has 2 N–H and O–H groups in total. The van der Waals surface area contributed by atoms with E-state index in [4.69, 9.17) is 19.3 Å². The maximum atomic E-state index is 12.3. The van der Waals surface area contributed by atoms with E-state index in [1.165, 1.54) is 96.3 Å². The molecule has 0 saturated heterocycles. The highest BCUT2D eigenvalue weighted by Gasteiger charge is 2.22. The number of rotatable bonds is 35. The summed E-state index contributed by atoms with van der Waals surface area (Å²) < 4.78 is 26.2. The van der Waals surface area contributed by atoms with Gasteiger partial charge in [0.05, 0.1) is 6.61 Å². The average molecular weight is 699 g/mol. The number of unbranched alkanes of at least 4 members (excludes halogenated alkanes) is 19. The number of esters is 2. The number of allylic oxidation sites excluding steroid dienone is 6. The molecule has 0 aliphatic heterocycles. The highest BCUT2D eigenvalue weighted by atomic mass is 31.2. The Labute approximate surface area is 293 Å². The molecule has 0 rings (SSSR count). The van der Waals surface area contributed by atoms with Gasteiger partial charge in [-0.15, -0.1) is 0 Å². The number of carbonyl (C=O) groups is 2. The maximum Gasteiger partial charge on any atom is 0.469 e. The number of hydrogen-bond donors (Lipinski definition) is 2. The van der Waals surface area contributed by atoms with Crippen molar-refractivity contribution >= 4 is 19.8 Å². The van der Waals surface area contributed by atoms with Gasteiger partial charge in [-0.2, -0.15) is 0 Å². The van der Waals surface area contributed by atoms with Crippen LogP contribution < -0.4 is 0 Å². The van der Waals surface area contributed by atoms with Crippen LogP contribution in [0.25, 0.3) is 0 Å². The quantitative estimate of drug-likeness (QED) is 0.0290. The Morgan fingerprint density at radius 2 is 0.958 bits per heavy atom. The maximum absolute atomic E-state index is 12.3. The van der Waals surface area contributed by atoms with E-state index in [1.54, 1.807) is 0 Å². The van der Waals surface area contributed by atoms with Crippen LogP contribution in [0.3, 0.4) is 0 Å². The summed E-state index contributed by atoms with van der Waals surface area (Å²) in [6.07, 6.45) is 40.2. The third kappa shape index (κ3) is 37.1. The minimum absolute atomic E-state index is 0.145. The SMILES string of the molecule is CCCCCCCC/C=C/CCCCCC(=O)OC[C@H](COP(=O)(O)O)OC(=O)CCC/C=C/C/C=C/CCCCCCCCCCC. The fourth-order valence-corrected chi connectivity index (χ4v) is 5.59. The number of phosphoric acid groups is 1. The van der Waals surface area contributed by atoms with Gasteiger partial charge in [0.15, 0.2) is 6.10 Å². The molecule has 8 nitrogen and oxygen atoms in total. The van der Waals surface area contributed by atoms with Crippen molar-refractivity contribution in [3.05, 3.63) is 36.5 Å². The fourth-order valence-electron chi connectivity index (χ4n) is 5.23. The second-order valence-corrected chi connectivity index (χ2v) is 14.1. The molecule has 0 aromatic rings. The summed E-state index contributed by atoms with van der Waals surface area (Å²) in [5.41, 5.74) is 0. The molecule has 0 radical (unpaired) electrons. The summed E-state index contributed by atoms with van der Waals surface area (Å²) in [6.45, 7) is 3.62. The van der Waals surface area contributed by atoms with Crippen molar-refractivity contribution in [1.29, 1.82) is 0 Å². The third-order valence-electron chi connectivity index (χ3n) is 8.13. The lowest BCUT2D eigenvalue weighted by Crippen LogP contribution is -2.29. The molecule has 0 heterocycles. The van der Waals surface area contributed by atoms with Gasteiger partial charge < -0.3 is 19.3 Å². The van der Waals surface area contributed by atoms with Crippen LogP contribution in [-0.2, 0) is 28.2 Å². The van der Waals surface area contributed by atoms with Gasteiger partial charge in [0, 0.05) is 12.8 Å². The average Bonchev–Trinajstić information content (AvgIpc) is 3.05. The van der Waals surface area contributed by atoms with Crippen LogP contribution in [0.15, 0.2) is 36.5 Å². The Balaban J connectivity index is 4.05. The van der Waals surface area contributed by atoms with E-state index in [9.17, 15) is 14.2 Å². The zero-order valence-electron chi connectivity index (χ0n) is 30.6. The van der Waals surface area contributed by atoms with Gasteiger partial charge in [-0.3, -0.25) is 14.1 Å². The van der Waals surface area contributed by atoms with Crippen LogP contribution in [0.2, 0.25) is 0 Å². The predicted octanol–water partition coefficient (Wildman–Crippen LogP) is 11.4. The van der Waals surface area contributed by atoms with Gasteiger partial charge in [-0.05, 0) is 64.2 Å². The lowest BCUT2D eigenvalue weighted by molar-refractivity contribution is -0.161. The Morgan fingerprint density at radius 1 is 0.542 bits per heavy atom. The highest BCUT2D eigenvalue weighted by molar-refractivity contribution is 7.46. The van der Waals surface area contributed by atoms with Crippen molar-refractivity contribution in [2.75, 3.05) is 13.2 Å². The summed E-state index contributed by atoms with van der Waals surface area (Å²) in [6, 6.07) is 0. The molecule has 0 bridgehead atoms. The summed E-state index contributed by atoms with van der Waals surface area (Å²) in [4.78, 5) is 42.6. The van der Waals surface area contributed by atoms with Crippen molar-refractivity contribution in [3.63, 3.8) is 0 Å². The molecule has 48 heavy (non-hydrogen) atoms. The summed E-state index contributed by atoms with van der Waals surface area (Å²) in [5, 5.41) is 0. The first-order valence-corrected chi connectivity index (χ1v) is 20.8. The zero-order valence-corrected chi connectivity index (χ0v) is 31.5. The van der Waals surface area contributed by atoms with Gasteiger partial charge in [0.1, 0.15) is 6.61 Å². The minimum atomic E-state index is -4.76. The molecular formula is C39H71O8P. The molecule has 0 amide bonds. The molecule has 9 heteroatoms. The number of ether oxygens (including phenoxy) is 2. The lowest BCUT2D eigenvalue weighted by atomic mass is 10.1. The molecule has 0 aromatic heterocycles. The predicted molar refractivity (Wildman–Crippen MR) is 198 cm³/mol. The molecule has 280 valence electrons. The Kier molecular flexibility index (Phi) is 33.8. The summed E-state index contributed by atoms with van der Waals surface area (Å²) in [7, 11) is -4.76. The van der Waals surface area contributed by atoms with Crippen LogP contribution in [0, 0.1) is 0 Å². The number of hydrogen-bond acceptors (Lipinski definition) is 6. The first-order chi connectivity index (χ1) is 23.3. The van der Waals surface area contributed by atoms with E-state index in [1.807, 2.05) is 6.08 Å². The number of carbonyl (C=O) groups excluding carboxylic acids is 2. The van der Waals surface area contributed by atoms with E-state index in [2.05, 4.69) is 48.8 Å². The molecule has 0 aromatic carbocycles. The van der Waals surface area contributed by atoms with Crippen LogP contribution in [0.5, 0.6) is 0 Å². The molecule has 0 aliphatic rings. The van der Waals surface area contributed by atoms with E-state index in [-0.39, 0.29) is 19.4 Å². The Bertz CT molecular complexity index is 879. The van der Waals surface area contributed by atoms with Crippen molar-refractivity contribution in [3.8, 4) is 0 Å². The highest BCUT2D eigenvalue weighted by Crippen LogP contribution is 2.36. The molecule has 0 spiro atoms. The zero-order chi connectivity index (χ0) is 35.4. The van der Waals surface area contributed by atoms with Crippen molar-refractivity contribution in [2.24, 2.45) is 0 Å². The summed E-state index contributed by atoms with van der Waals surface area (Å²) in [5.74, 6) is -0.956. The topological polar surface area (TPSA) is 119 Å². The molecule has 0 saturated carbocycles. The smallest absolute Gasteiger partial charge is 0.462 e. The van der Waals surface area contributed by atoms with Gasteiger partial charge in [0.2, 0.25) is 0 Å². The van der Waals surface area contributed by atoms with Gasteiger partial charge in [0.25, 0.3) is 0 Å². The van der Waals surface area contributed by atoms with Crippen LogP contribution in [0.4, 0.5) is 0 Å². The van der Waals surface area contributed by atoms with Gasteiger partial charge in [-0.1, -0.05) is 140 Å². The second-order valence-electron chi connectivity index (χ2n) is 12.9. The van der Waals surface area contributed by atoms with Crippen LogP contribution >= 0.6 is 7.82 Å². The molecule has 0 fully saturated rings. The van der Waals surface area contributed by atoms with Crippen molar-refractivity contribution in [1.82, 2.24) is 0 Å². The second kappa shape index (κ2) is 35.1. The monoisotopic (exact) mass is 698 g/mol. The Morgan fingerprint density at radius 3 is 1.46 bits per heavy atom. The fraction of sp³-hybridized carbons (Fsp3) is 0.795. The molecule has 1 atom stereocenters. The third-order valence-corrected chi connectivity index (χ3v) is 8.62. The van der Waals surface area contributed by atoms with Crippen molar-refractivity contribution in [2.45, 2.75) is 187 Å². The van der Waals surface area contributed by atoms with E-state index in [0.717, 1.165) is 44.9 Å². The first kappa shape index (κ1) is 46.3. The first-order valence-electron chi connectivity index (χ1n) is 19.3. The van der Waals surface area contributed by atoms with Crippen LogP contribution in [0.1, 0.15) is 181 Å². The van der Waals surface area contributed by atoms with Gasteiger partial charge >= 0.3 is 19.8 Å². The van der Waals surface area contributed by atoms with Crippen LogP contribution in [-0.4, -0.2) is 41.0 Å². The largest absolute Gasteiger partial charge is 0.469 e. The minimum Gasteiger partial charge on any atom is -0.462 e. The Hall–Kier alpha value is -1.73. The number of phosphoric ester groups is 1. The molecular weight excluding hydrogens is 627 g/mol.